The van der Waals surface area contributed by atoms with Crippen molar-refractivity contribution in [2.75, 3.05) is 0 Å². The van der Waals surface area contributed by atoms with E-state index >= 15 is 0 Å². The van der Waals surface area contributed by atoms with Gasteiger partial charge in [0.05, 0.1) is 0 Å². The van der Waals surface area contributed by atoms with Crippen molar-refractivity contribution in [1.82, 2.24) is 0 Å². The van der Waals surface area contributed by atoms with E-state index in [0.29, 0.717) is 0 Å². The second-order valence-electron chi connectivity index (χ2n) is 4.70. The minimum absolute atomic E-state index is 0.0765. The molecule has 0 aromatic carbocycles. The second kappa shape index (κ2) is 3.26. The van der Waals surface area contributed by atoms with Crippen LogP contribution in [0.2, 0.25) is 0 Å². The van der Waals surface area contributed by atoms with Crippen molar-refractivity contribution in [3.63, 3.8) is 0 Å². The number of hydrogen-bond acceptors (Lipinski definition) is 1. The molecule has 0 saturated carbocycles. The minimum atomic E-state index is -2.12. The van der Waals surface area contributed by atoms with E-state index in [4.69, 9.17) is 0 Å². The Bertz CT molecular complexity index is 211. The monoisotopic (exact) mass is 208 g/mol. The summed E-state index contributed by atoms with van der Waals surface area (Å²) in [5.41, 5.74) is -4.89. The van der Waals surface area contributed by atoms with Gasteiger partial charge in [-0.2, -0.15) is 0 Å². The highest BCUT2D eigenvalue weighted by Crippen LogP contribution is 2.47. The summed E-state index contributed by atoms with van der Waals surface area (Å²) in [6.45, 7) is 10.7. The summed E-state index contributed by atoms with van der Waals surface area (Å²) in [5, 5.41) is 0. The first-order valence-electron chi connectivity index (χ1n) is 4.21. The molecule has 0 rings (SSSR count). The van der Waals surface area contributed by atoms with E-state index in [-0.39, 0.29) is 4.91 Å². The molecule has 2 unspecified atom stereocenters. The molecule has 0 aliphatic carbocycles. The molecule has 0 aromatic heterocycles. The number of alkyl halides is 2. The number of allylic oxidation sites excluding steroid dienone is 1. The molecule has 0 radical (unpaired) electrons. The molecular weight excluding hydrogens is 190 g/mol. The largest absolute Gasteiger partial charge is 0.240 e. The zero-order valence-electron chi connectivity index (χ0n) is 8.91. The van der Waals surface area contributed by atoms with E-state index in [1.54, 1.807) is 20.8 Å². The van der Waals surface area contributed by atoms with Gasteiger partial charge in [0.1, 0.15) is 0 Å². The molecule has 13 heavy (non-hydrogen) atoms. The Labute approximate surface area is 84.8 Å². The Kier molecular flexibility index (Phi) is 3.25. The van der Waals surface area contributed by atoms with Crippen molar-refractivity contribution >= 4 is 12.6 Å². The van der Waals surface area contributed by atoms with Crippen LogP contribution in [0, 0.1) is 5.41 Å². The highest BCUT2D eigenvalue weighted by molar-refractivity contribution is 7.84. The number of hydrogen-bond donors (Lipinski definition) is 1. The van der Waals surface area contributed by atoms with Gasteiger partial charge in [-0.1, -0.05) is 27.4 Å². The average molecular weight is 208 g/mol. The molecular formula is C10H18F2S. The van der Waals surface area contributed by atoms with Crippen LogP contribution in [0.1, 0.15) is 34.6 Å². The Morgan fingerprint density at radius 2 is 1.38 bits per heavy atom. The van der Waals surface area contributed by atoms with Crippen molar-refractivity contribution in [2.24, 2.45) is 5.41 Å². The lowest BCUT2D eigenvalue weighted by atomic mass is 9.70. The third kappa shape index (κ3) is 2.06. The van der Waals surface area contributed by atoms with Gasteiger partial charge in [0.25, 0.3) is 0 Å². The zero-order valence-corrected chi connectivity index (χ0v) is 9.80. The molecule has 0 fully saturated rings. The Hall–Kier alpha value is -0.0500. The molecule has 0 aliphatic rings. The van der Waals surface area contributed by atoms with Crippen LogP contribution < -0.4 is 0 Å². The van der Waals surface area contributed by atoms with Crippen LogP contribution in [-0.2, 0) is 0 Å². The molecule has 0 aliphatic heterocycles. The van der Waals surface area contributed by atoms with E-state index < -0.39 is 16.8 Å². The third-order valence-corrected chi connectivity index (χ3v) is 3.25. The Balaban J connectivity index is 5.16. The van der Waals surface area contributed by atoms with Gasteiger partial charge < -0.3 is 0 Å². The number of thiol groups is 1. The fourth-order valence-corrected chi connectivity index (χ4v) is 1.19. The van der Waals surface area contributed by atoms with Crippen molar-refractivity contribution < 1.29 is 8.78 Å². The summed E-state index contributed by atoms with van der Waals surface area (Å²) in [5.74, 6) is 0. The van der Waals surface area contributed by atoms with Crippen LogP contribution in [-0.4, -0.2) is 11.3 Å². The van der Waals surface area contributed by atoms with Crippen LogP contribution in [0.25, 0.3) is 0 Å². The SMILES string of the molecule is C=C(S)C(C)(F)C(C)(F)C(C)(C)C. The summed E-state index contributed by atoms with van der Waals surface area (Å²) < 4.78 is 28.1. The minimum Gasteiger partial charge on any atom is -0.240 e. The molecule has 0 nitrogen and oxygen atoms in total. The van der Waals surface area contributed by atoms with Crippen LogP contribution in [0.15, 0.2) is 11.5 Å². The highest BCUT2D eigenvalue weighted by atomic mass is 32.1. The van der Waals surface area contributed by atoms with Gasteiger partial charge in [-0.15, -0.1) is 12.6 Å². The molecule has 0 spiro atoms. The number of halogens is 2. The van der Waals surface area contributed by atoms with Crippen LogP contribution in [0.3, 0.4) is 0 Å². The fraction of sp³-hybridized carbons (Fsp3) is 0.800. The van der Waals surface area contributed by atoms with Crippen molar-refractivity contribution in [2.45, 2.75) is 46.0 Å². The molecule has 2 atom stereocenters. The second-order valence-corrected chi connectivity index (χ2v) is 5.24. The Morgan fingerprint density at radius 1 is 1.08 bits per heavy atom. The van der Waals surface area contributed by atoms with Crippen LogP contribution >= 0.6 is 12.6 Å². The first-order valence-corrected chi connectivity index (χ1v) is 4.65. The maximum atomic E-state index is 14.1. The summed E-state index contributed by atoms with van der Waals surface area (Å²) in [7, 11) is 0. The lowest BCUT2D eigenvalue weighted by Gasteiger charge is -2.43. The standard InChI is InChI=1S/C10H18F2S/c1-7(13)9(5,11)10(6,12)8(2,3)4/h13H,1H2,2-6H3. The lowest BCUT2D eigenvalue weighted by molar-refractivity contribution is -0.0629. The van der Waals surface area contributed by atoms with Crippen molar-refractivity contribution in [1.29, 1.82) is 0 Å². The molecule has 0 bridgehead atoms. The lowest BCUT2D eigenvalue weighted by Crippen LogP contribution is -2.52. The third-order valence-electron chi connectivity index (χ3n) is 2.83. The number of rotatable bonds is 2. The zero-order chi connectivity index (χ0) is 11.1. The molecule has 78 valence electrons. The maximum Gasteiger partial charge on any atom is 0.172 e. The predicted octanol–water partition coefficient (Wildman–Crippen LogP) is 3.93. The molecule has 0 saturated heterocycles. The molecule has 0 aromatic rings. The van der Waals surface area contributed by atoms with Crippen molar-refractivity contribution in [3.05, 3.63) is 11.5 Å². The summed E-state index contributed by atoms with van der Waals surface area (Å²) in [6.07, 6.45) is 0. The Morgan fingerprint density at radius 3 is 1.46 bits per heavy atom. The van der Waals surface area contributed by atoms with Gasteiger partial charge in [-0.25, -0.2) is 8.78 Å². The van der Waals surface area contributed by atoms with E-state index in [1.807, 2.05) is 0 Å². The summed E-state index contributed by atoms with van der Waals surface area (Å²) in [6, 6.07) is 0. The fourth-order valence-electron chi connectivity index (χ4n) is 0.975. The van der Waals surface area contributed by atoms with Gasteiger partial charge in [0.2, 0.25) is 0 Å². The normalized spacial score (nSPS) is 21.8. The first kappa shape index (κ1) is 12.9. The van der Waals surface area contributed by atoms with Gasteiger partial charge in [-0.3, -0.25) is 0 Å². The highest BCUT2D eigenvalue weighted by Gasteiger charge is 2.54. The summed E-state index contributed by atoms with van der Waals surface area (Å²) in [4.78, 5) is -0.0765. The maximum absolute atomic E-state index is 14.1. The molecule has 0 N–H and O–H groups in total. The molecule has 0 heterocycles. The van der Waals surface area contributed by atoms with Crippen molar-refractivity contribution in [3.8, 4) is 0 Å². The quantitative estimate of drug-likeness (QED) is 0.653. The molecule has 0 amide bonds. The van der Waals surface area contributed by atoms with Gasteiger partial charge >= 0.3 is 0 Å². The van der Waals surface area contributed by atoms with Gasteiger partial charge in [0.15, 0.2) is 11.3 Å². The summed E-state index contributed by atoms with van der Waals surface area (Å²) >= 11 is 3.79. The smallest absolute Gasteiger partial charge is 0.172 e. The van der Waals surface area contributed by atoms with E-state index in [1.165, 1.54) is 13.8 Å². The van der Waals surface area contributed by atoms with Gasteiger partial charge in [-0.05, 0) is 19.3 Å². The first-order chi connectivity index (χ1) is 5.44. The van der Waals surface area contributed by atoms with Crippen LogP contribution in [0.4, 0.5) is 8.78 Å². The van der Waals surface area contributed by atoms with Crippen LogP contribution in [0.5, 0.6) is 0 Å². The predicted molar refractivity (Wildman–Crippen MR) is 56.6 cm³/mol. The van der Waals surface area contributed by atoms with E-state index in [9.17, 15) is 8.78 Å². The average Bonchev–Trinajstić information content (AvgIpc) is 1.84. The van der Waals surface area contributed by atoms with E-state index in [2.05, 4.69) is 19.2 Å². The molecule has 3 heteroatoms. The van der Waals surface area contributed by atoms with E-state index in [0.717, 1.165) is 0 Å². The topological polar surface area (TPSA) is 0 Å². The van der Waals surface area contributed by atoms with Gasteiger partial charge in [0, 0.05) is 4.91 Å².